The van der Waals surface area contributed by atoms with Crippen LogP contribution in [0.2, 0.25) is 0 Å². The minimum Gasteiger partial charge on any atom is -0.346 e. The van der Waals surface area contributed by atoms with E-state index in [1.165, 1.54) is 6.07 Å². The first kappa shape index (κ1) is 20.9. The summed E-state index contributed by atoms with van der Waals surface area (Å²) >= 11 is 0. The van der Waals surface area contributed by atoms with Crippen LogP contribution in [0.5, 0.6) is 0 Å². The molecule has 0 unspecified atom stereocenters. The molecule has 1 aliphatic heterocycles. The third kappa shape index (κ3) is 5.99. The smallest absolute Gasteiger partial charge is 0.242 e. The largest absolute Gasteiger partial charge is 0.346 e. The summed E-state index contributed by atoms with van der Waals surface area (Å²) in [5, 5.41) is 2.42. The Bertz CT molecular complexity index is 621. The molecule has 0 bridgehead atoms. The number of nitrogens with two attached hydrogens (primary N) is 1. The van der Waals surface area contributed by atoms with Gasteiger partial charge < -0.3 is 20.9 Å². The summed E-state index contributed by atoms with van der Waals surface area (Å²) in [5.74, 6) is -1.15. The summed E-state index contributed by atoms with van der Waals surface area (Å²) in [6.07, 6.45) is 0.00712. The molecule has 3 amide bonds. The van der Waals surface area contributed by atoms with Crippen LogP contribution >= 0.6 is 12.4 Å². The highest BCUT2D eigenvalue weighted by Gasteiger charge is 2.24. The molecule has 2 rings (SSSR count). The van der Waals surface area contributed by atoms with Gasteiger partial charge in [0.05, 0.1) is 19.5 Å². The molecule has 0 aromatic heterocycles. The fraction of sp³-hybridized carbons (Fsp3) is 0.438. The van der Waals surface area contributed by atoms with Gasteiger partial charge in [-0.2, -0.15) is 0 Å². The van der Waals surface area contributed by atoms with Gasteiger partial charge in [0.25, 0.3) is 0 Å². The summed E-state index contributed by atoms with van der Waals surface area (Å²) in [6, 6.07) is 6.19. The van der Waals surface area contributed by atoms with Crippen LogP contribution < -0.4 is 11.1 Å². The summed E-state index contributed by atoms with van der Waals surface area (Å²) in [6.45, 7) is 1.30. The number of benzene rings is 1. The average molecular weight is 373 g/mol. The Morgan fingerprint density at radius 2 is 1.60 bits per heavy atom. The number of hydrogen-bond donors (Lipinski definition) is 2. The Labute approximate surface area is 151 Å². The predicted octanol–water partition coefficient (Wildman–Crippen LogP) is -0.464. The van der Waals surface area contributed by atoms with Gasteiger partial charge in [0, 0.05) is 26.2 Å². The van der Waals surface area contributed by atoms with Crippen molar-refractivity contribution in [3.05, 3.63) is 35.6 Å². The molecule has 1 heterocycles. The molecule has 1 saturated heterocycles. The summed E-state index contributed by atoms with van der Waals surface area (Å²) < 4.78 is 13.6. The van der Waals surface area contributed by atoms with Gasteiger partial charge >= 0.3 is 0 Å². The van der Waals surface area contributed by atoms with Crippen molar-refractivity contribution in [2.45, 2.75) is 6.42 Å². The first-order valence-electron chi connectivity index (χ1n) is 7.77. The van der Waals surface area contributed by atoms with Gasteiger partial charge in [0.1, 0.15) is 5.82 Å². The molecule has 25 heavy (non-hydrogen) atoms. The topological polar surface area (TPSA) is 95.7 Å². The van der Waals surface area contributed by atoms with E-state index in [-0.39, 0.29) is 49.6 Å². The number of rotatable bonds is 5. The first-order chi connectivity index (χ1) is 11.5. The lowest BCUT2D eigenvalue weighted by molar-refractivity contribution is -0.139. The quantitative estimate of drug-likeness (QED) is 0.730. The van der Waals surface area contributed by atoms with Crippen molar-refractivity contribution in [3.63, 3.8) is 0 Å². The summed E-state index contributed by atoms with van der Waals surface area (Å²) in [4.78, 5) is 38.4. The second-order valence-corrected chi connectivity index (χ2v) is 5.51. The highest BCUT2D eigenvalue weighted by atomic mass is 35.5. The number of carbonyl (C=O) groups is 3. The van der Waals surface area contributed by atoms with Gasteiger partial charge in [-0.3, -0.25) is 14.4 Å². The fourth-order valence-corrected chi connectivity index (χ4v) is 2.48. The normalized spacial score (nSPS) is 13.8. The number of nitrogens with zero attached hydrogens (tertiary/aromatic N) is 2. The van der Waals surface area contributed by atoms with Crippen molar-refractivity contribution in [3.8, 4) is 0 Å². The first-order valence-corrected chi connectivity index (χ1v) is 7.77. The monoisotopic (exact) mass is 372 g/mol. The number of piperazine rings is 1. The molecule has 9 heteroatoms. The lowest BCUT2D eigenvalue weighted by Gasteiger charge is -2.35. The zero-order valence-corrected chi connectivity index (χ0v) is 14.6. The maximum absolute atomic E-state index is 13.6. The SMILES string of the molecule is Cl.NCC(=O)NCC(=O)N1CCN(C(=O)Cc2ccccc2F)CC1. The Kier molecular flexibility index (Phi) is 8.30. The Balaban J connectivity index is 0.00000312. The predicted molar refractivity (Wildman–Crippen MR) is 92.6 cm³/mol. The standard InChI is InChI=1S/C16H21FN4O3.ClH/c17-13-4-2-1-3-12(13)9-15(23)20-5-7-21(8-6-20)16(24)11-19-14(22)10-18;/h1-4H,5-11,18H2,(H,19,22);1H. The molecule has 1 aliphatic rings. The van der Waals surface area contributed by atoms with Crippen molar-refractivity contribution in [2.75, 3.05) is 39.3 Å². The minimum atomic E-state index is -0.393. The van der Waals surface area contributed by atoms with E-state index in [9.17, 15) is 18.8 Å². The van der Waals surface area contributed by atoms with Crippen LogP contribution in [0, 0.1) is 5.82 Å². The van der Waals surface area contributed by atoms with Crippen LogP contribution in [0.15, 0.2) is 24.3 Å². The van der Waals surface area contributed by atoms with Gasteiger partial charge in [-0.15, -0.1) is 12.4 Å². The maximum Gasteiger partial charge on any atom is 0.242 e. The lowest BCUT2D eigenvalue weighted by Crippen LogP contribution is -2.53. The fourth-order valence-electron chi connectivity index (χ4n) is 2.48. The summed E-state index contributed by atoms with van der Waals surface area (Å²) in [5.41, 5.74) is 5.52. The van der Waals surface area contributed by atoms with Crippen molar-refractivity contribution in [1.82, 2.24) is 15.1 Å². The second kappa shape index (κ2) is 9.95. The highest BCUT2D eigenvalue weighted by Crippen LogP contribution is 2.10. The maximum atomic E-state index is 13.6. The van der Waals surface area contributed by atoms with Gasteiger partial charge in [-0.1, -0.05) is 18.2 Å². The third-order valence-electron chi connectivity index (χ3n) is 3.91. The van der Waals surface area contributed by atoms with E-state index < -0.39 is 5.82 Å². The number of carbonyl (C=O) groups excluding carboxylic acids is 3. The zero-order chi connectivity index (χ0) is 17.5. The van der Waals surface area contributed by atoms with Crippen LogP contribution in [-0.4, -0.2) is 66.8 Å². The van der Waals surface area contributed by atoms with E-state index in [1.54, 1.807) is 28.0 Å². The van der Waals surface area contributed by atoms with Crippen molar-refractivity contribution >= 4 is 30.1 Å². The number of hydrogen-bond acceptors (Lipinski definition) is 4. The molecule has 1 aromatic rings. The van der Waals surface area contributed by atoms with Crippen LogP contribution in [0.1, 0.15) is 5.56 Å². The number of halogens is 2. The van der Waals surface area contributed by atoms with Crippen LogP contribution in [0.25, 0.3) is 0 Å². The van der Waals surface area contributed by atoms with E-state index in [2.05, 4.69) is 5.32 Å². The number of amides is 3. The van der Waals surface area contributed by atoms with E-state index >= 15 is 0 Å². The van der Waals surface area contributed by atoms with E-state index in [0.29, 0.717) is 31.7 Å². The Morgan fingerprint density at radius 3 is 2.16 bits per heavy atom. The van der Waals surface area contributed by atoms with Crippen LogP contribution in [0.3, 0.4) is 0 Å². The lowest BCUT2D eigenvalue weighted by atomic mass is 10.1. The van der Waals surface area contributed by atoms with Crippen LogP contribution in [0.4, 0.5) is 4.39 Å². The second-order valence-electron chi connectivity index (χ2n) is 5.51. The highest BCUT2D eigenvalue weighted by molar-refractivity contribution is 5.86. The third-order valence-corrected chi connectivity index (χ3v) is 3.91. The molecular formula is C16H22ClFN4O3. The molecule has 138 valence electrons. The molecule has 1 aromatic carbocycles. The molecular weight excluding hydrogens is 351 g/mol. The van der Waals surface area contributed by atoms with Crippen LogP contribution in [-0.2, 0) is 20.8 Å². The Morgan fingerprint density at radius 1 is 1.04 bits per heavy atom. The molecule has 0 atom stereocenters. The molecule has 3 N–H and O–H groups in total. The minimum absolute atomic E-state index is 0. The van der Waals surface area contributed by atoms with Crippen molar-refractivity contribution in [1.29, 1.82) is 0 Å². The van der Waals surface area contributed by atoms with Crippen molar-refractivity contribution in [2.24, 2.45) is 5.73 Å². The van der Waals surface area contributed by atoms with Gasteiger partial charge in [-0.25, -0.2) is 4.39 Å². The van der Waals surface area contributed by atoms with E-state index in [1.807, 2.05) is 0 Å². The average Bonchev–Trinajstić information content (AvgIpc) is 2.61. The molecule has 0 aliphatic carbocycles. The van der Waals surface area contributed by atoms with Gasteiger partial charge in [0.2, 0.25) is 17.7 Å². The van der Waals surface area contributed by atoms with E-state index in [4.69, 9.17) is 5.73 Å². The van der Waals surface area contributed by atoms with Gasteiger partial charge in [-0.05, 0) is 11.6 Å². The summed E-state index contributed by atoms with van der Waals surface area (Å²) in [7, 11) is 0. The van der Waals surface area contributed by atoms with Gasteiger partial charge in [0.15, 0.2) is 0 Å². The molecule has 0 radical (unpaired) electrons. The molecule has 1 fully saturated rings. The number of nitrogens with one attached hydrogen (secondary N) is 1. The van der Waals surface area contributed by atoms with E-state index in [0.717, 1.165) is 0 Å². The Hall–Kier alpha value is -2.19. The molecule has 7 nitrogen and oxygen atoms in total. The molecule has 0 spiro atoms. The van der Waals surface area contributed by atoms with Crippen molar-refractivity contribution < 1.29 is 18.8 Å². The zero-order valence-electron chi connectivity index (χ0n) is 13.7. The molecule has 0 saturated carbocycles.